The number of oxazole rings is 1. The van der Waals surface area contributed by atoms with Crippen molar-refractivity contribution in [1.29, 1.82) is 0 Å². The maximum absolute atomic E-state index is 13.1. The highest BCUT2D eigenvalue weighted by Gasteiger charge is 2.31. The lowest BCUT2D eigenvalue weighted by Crippen LogP contribution is -2.31. The molecule has 1 heterocycles. The Morgan fingerprint density at radius 2 is 1.81 bits per heavy atom. The smallest absolute Gasteiger partial charge is 0.416 e. The van der Waals surface area contributed by atoms with E-state index in [2.05, 4.69) is 4.98 Å². The zero-order chi connectivity index (χ0) is 23.0. The highest BCUT2D eigenvalue weighted by Crippen LogP contribution is 2.32. The normalized spacial score (nSPS) is 12.0. The molecule has 0 saturated heterocycles. The minimum Gasteiger partial charge on any atom is -0.478 e. The van der Waals surface area contributed by atoms with Crippen molar-refractivity contribution in [1.82, 2.24) is 4.98 Å². The molecule has 7 nitrogen and oxygen atoms in total. The minimum atomic E-state index is -4.49. The highest BCUT2D eigenvalue weighted by molar-refractivity contribution is 7.92. The molecule has 0 atom stereocenters. The zero-order valence-electron chi connectivity index (χ0n) is 16.3. The summed E-state index contributed by atoms with van der Waals surface area (Å²) in [6.45, 7) is 3.05. The first-order valence-electron chi connectivity index (χ1n) is 8.95. The molecular formula is C20H17F3N2O5S. The monoisotopic (exact) mass is 454 g/mol. The summed E-state index contributed by atoms with van der Waals surface area (Å²) in [6.07, 6.45) is -3.42. The molecule has 0 bridgehead atoms. The number of anilines is 1. The number of halogens is 3. The number of aryl methyl sites for hydroxylation is 1. The number of benzene rings is 2. The Morgan fingerprint density at radius 1 is 1.16 bits per heavy atom. The number of rotatable bonds is 6. The minimum absolute atomic E-state index is 0.0440. The summed E-state index contributed by atoms with van der Waals surface area (Å²) in [5.41, 5.74) is -0.353. The standard InChI is InChI=1S/C20H17F3N2O5S/c1-3-25(31(28,29)15-9-4-12(2)16(10-15)19(26)27)17-11-30-18(24-17)13-5-7-14(8-6-13)20(21,22)23/h4-11H,3H2,1-2H3,(H,26,27). The Morgan fingerprint density at radius 3 is 2.35 bits per heavy atom. The number of hydrogen-bond acceptors (Lipinski definition) is 5. The molecule has 164 valence electrons. The van der Waals surface area contributed by atoms with Crippen molar-refractivity contribution in [3.63, 3.8) is 0 Å². The van der Waals surface area contributed by atoms with E-state index < -0.39 is 27.7 Å². The molecular weight excluding hydrogens is 437 g/mol. The van der Waals surface area contributed by atoms with E-state index in [0.29, 0.717) is 5.56 Å². The molecule has 0 aliphatic carbocycles. The van der Waals surface area contributed by atoms with Gasteiger partial charge in [0.25, 0.3) is 10.0 Å². The van der Waals surface area contributed by atoms with Crippen molar-refractivity contribution >= 4 is 21.8 Å². The van der Waals surface area contributed by atoms with Gasteiger partial charge < -0.3 is 9.52 Å². The molecule has 2 aromatic carbocycles. The van der Waals surface area contributed by atoms with E-state index in [9.17, 15) is 31.5 Å². The molecule has 1 aromatic heterocycles. The van der Waals surface area contributed by atoms with E-state index in [0.717, 1.165) is 28.8 Å². The second-order valence-corrected chi connectivity index (χ2v) is 8.40. The summed E-state index contributed by atoms with van der Waals surface area (Å²) in [6, 6.07) is 7.81. The van der Waals surface area contributed by atoms with Crippen LogP contribution in [0, 0.1) is 6.92 Å². The molecule has 0 amide bonds. The summed E-state index contributed by atoms with van der Waals surface area (Å²) >= 11 is 0. The van der Waals surface area contributed by atoms with Gasteiger partial charge in [0.15, 0.2) is 5.82 Å². The average Bonchev–Trinajstić information content (AvgIpc) is 3.17. The topological polar surface area (TPSA) is 101 Å². The predicted molar refractivity (Wildman–Crippen MR) is 105 cm³/mol. The van der Waals surface area contributed by atoms with Gasteiger partial charge in [0.1, 0.15) is 6.26 Å². The van der Waals surface area contributed by atoms with Crippen LogP contribution in [0.25, 0.3) is 11.5 Å². The van der Waals surface area contributed by atoms with Crippen LogP contribution in [0.4, 0.5) is 19.0 Å². The van der Waals surface area contributed by atoms with Crippen molar-refractivity contribution in [2.75, 3.05) is 10.8 Å². The number of carboxylic acids is 1. The van der Waals surface area contributed by atoms with Gasteiger partial charge in [-0.25, -0.2) is 17.5 Å². The van der Waals surface area contributed by atoms with Gasteiger partial charge in [-0.05, 0) is 55.8 Å². The van der Waals surface area contributed by atoms with Crippen LogP contribution >= 0.6 is 0 Å². The fourth-order valence-electron chi connectivity index (χ4n) is 2.89. The van der Waals surface area contributed by atoms with Crippen LogP contribution in [0.3, 0.4) is 0 Å². The van der Waals surface area contributed by atoms with Gasteiger partial charge in [-0.3, -0.25) is 0 Å². The van der Waals surface area contributed by atoms with Gasteiger partial charge in [0, 0.05) is 12.1 Å². The number of nitrogens with zero attached hydrogens (tertiary/aromatic N) is 2. The molecule has 3 rings (SSSR count). The summed E-state index contributed by atoms with van der Waals surface area (Å²) in [7, 11) is -4.17. The molecule has 0 unspecified atom stereocenters. The first-order chi connectivity index (χ1) is 14.4. The van der Waals surface area contributed by atoms with Crippen LogP contribution in [0.5, 0.6) is 0 Å². The van der Waals surface area contributed by atoms with E-state index in [1.165, 1.54) is 24.3 Å². The summed E-state index contributed by atoms with van der Waals surface area (Å²) in [4.78, 5) is 15.2. The number of carboxylic acid groups (broad SMARTS) is 1. The van der Waals surface area contributed by atoms with Crippen molar-refractivity contribution in [2.45, 2.75) is 24.9 Å². The molecule has 11 heteroatoms. The van der Waals surface area contributed by atoms with Crippen LogP contribution in [-0.2, 0) is 16.2 Å². The quantitative estimate of drug-likeness (QED) is 0.585. The maximum Gasteiger partial charge on any atom is 0.416 e. The van der Waals surface area contributed by atoms with Gasteiger partial charge in [-0.2, -0.15) is 18.2 Å². The molecule has 1 N–H and O–H groups in total. The summed E-state index contributed by atoms with van der Waals surface area (Å²) < 4.78 is 70.5. The molecule has 31 heavy (non-hydrogen) atoms. The van der Waals surface area contributed by atoms with Crippen molar-refractivity contribution in [3.8, 4) is 11.5 Å². The maximum atomic E-state index is 13.1. The fourth-order valence-corrected chi connectivity index (χ4v) is 4.32. The molecule has 0 spiro atoms. The lowest BCUT2D eigenvalue weighted by atomic mass is 10.1. The van der Waals surface area contributed by atoms with E-state index in [1.807, 2.05) is 0 Å². The first-order valence-corrected chi connectivity index (χ1v) is 10.4. The Balaban J connectivity index is 1.96. The molecule has 0 aliphatic rings. The van der Waals surface area contributed by atoms with Gasteiger partial charge in [0.2, 0.25) is 5.89 Å². The number of aromatic carboxylic acids is 1. The lowest BCUT2D eigenvalue weighted by molar-refractivity contribution is -0.137. The van der Waals surface area contributed by atoms with Gasteiger partial charge in [0.05, 0.1) is 16.0 Å². The Kier molecular flexibility index (Phi) is 5.81. The molecule has 3 aromatic rings. The third-order valence-corrected chi connectivity index (χ3v) is 6.40. The Hall–Kier alpha value is -3.34. The molecule has 0 aliphatic heterocycles. The SMILES string of the molecule is CCN(c1coc(-c2ccc(C(F)(F)F)cc2)n1)S(=O)(=O)c1ccc(C)c(C(=O)O)c1. The van der Waals surface area contributed by atoms with Crippen molar-refractivity contribution < 1.29 is 35.9 Å². The second kappa shape index (κ2) is 8.06. The molecule has 0 radical (unpaired) electrons. The molecule has 0 fully saturated rings. The lowest BCUT2D eigenvalue weighted by Gasteiger charge is -2.20. The average molecular weight is 454 g/mol. The number of sulfonamides is 1. The van der Waals surface area contributed by atoms with Crippen LogP contribution < -0.4 is 4.31 Å². The van der Waals surface area contributed by atoms with Gasteiger partial charge in [-0.15, -0.1) is 0 Å². The van der Waals surface area contributed by atoms with Gasteiger partial charge >= 0.3 is 12.1 Å². The van der Waals surface area contributed by atoms with Crippen molar-refractivity contribution in [3.05, 3.63) is 65.4 Å². The van der Waals surface area contributed by atoms with E-state index in [1.54, 1.807) is 13.8 Å². The van der Waals surface area contributed by atoms with Crippen LogP contribution in [0.1, 0.15) is 28.4 Å². The zero-order valence-corrected chi connectivity index (χ0v) is 17.2. The van der Waals surface area contributed by atoms with Crippen molar-refractivity contribution in [2.24, 2.45) is 0 Å². The Bertz CT molecular complexity index is 1220. The van der Waals surface area contributed by atoms with Crippen LogP contribution in [-0.4, -0.2) is 31.0 Å². The summed E-state index contributed by atoms with van der Waals surface area (Å²) in [5, 5.41) is 9.26. The predicted octanol–water partition coefficient (Wildman–Crippen LogP) is 4.58. The number of carbonyl (C=O) groups is 1. The number of aromatic nitrogens is 1. The first kappa shape index (κ1) is 22.3. The van der Waals surface area contributed by atoms with Gasteiger partial charge in [-0.1, -0.05) is 6.07 Å². The highest BCUT2D eigenvalue weighted by atomic mass is 32.2. The Labute approximate surface area is 175 Å². The van der Waals surface area contributed by atoms with Crippen LogP contribution in [0.15, 0.2) is 58.0 Å². The third kappa shape index (κ3) is 4.41. The van der Waals surface area contributed by atoms with Crippen LogP contribution in [0.2, 0.25) is 0 Å². The number of alkyl halides is 3. The second-order valence-electron chi connectivity index (χ2n) is 6.54. The fraction of sp³-hybridized carbons (Fsp3) is 0.200. The largest absolute Gasteiger partial charge is 0.478 e. The third-order valence-electron chi connectivity index (χ3n) is 4.52. The van der Waals surface area contributed by atoms with E-state index >= 15 is 0 Å². The number of hydrogen-bond donors (Lipinski definition) is 1. The summed E-state index contributed by atoms with van der Waals surface area (Å²) in [5.74, 6) is -1.41. The molecule has 0 saturated carbocycles. The van der Waals surface area contributed by atoms with E-state index in [4.69, 9.17) is 4.42 Å². The van der Waals surface area contributed by atoms with E-state index in [-0.39, 0.29) is 34.3 Å².